The number of oxazole rings is 1. The molecule has 3 N–H and O–H groups in total. The first kappa shape index (κ1) is 32.1. The van der Waals surface area contributed by atoms with Crippen LogP contribution in [0.15, 0.2) is 83.7 Å². The third-order valence-electron chi connectivity index (χ3n) is 8.24. The highest BCUT2D eigenvalue weighted by Crippen LogP contribution is 2.32. The maximum Gasteiger partial charge on any atom is 0.256 e. The molecule has 1 aliphatic heterocycles. The third kappa shape index (κ3) is 8.23. The smallest absolute Gasteiger partial charge is 0.256 e. The Morgan fingerprint density at radius 2 is 1.80 bits per heavy atom. The van der Waals surface area contributed by atoms with Crippen molar-refractivity contribution in [3.05, 3.63) is 119 Å². The predicted molar refractivity (Wildman–Crippen MR) is 173 cm³/mol. The summed E-state index contributed by atoms with van der Waals surface area (Å²) in [7, 11) is 0. The van der Waals surface area contributed by atoms with E-state index >= 15 is 0 Å². The van der Waals surface area contributed by atoms with Crippen molar-refractivity contribution >= 4 is 11.8 Å². The summed E-state index contributed by atoms with van der Waals surface area (Å²) >= 11 is 0. The predicted octanol–water partition coefficient (Wildman–Crippen LogP) is 5.14. The van der Waals surface area contributed by atoms with Crippen molar-refractivity contribution < 1.29 is 19.1 Å². The van der Waals surface area contributed by atoms with E-state index in [1.807, 2.05) is 37.3 Å². The zero-order valence-electron chi connectivity index (χ0n) is 26.5. The number of likely N-dealkylation sites (tertiary alicyclic amines) is 1. The highest BCUT2D eigenvalue weighted by atomic mass is 16.3. The van der Waals surface area contributed by atoms with Crippen molar-refractivity contribution in [2.24, 2.45) is 0 Å². The Bertz CT molecular complexity index is 1600. The number of nitrogens with one attached hydrogen (secondary N) is 2. The molecule has 4 aromatic rings. The number of carbonyl (C=O) groups is 2. The molecule has 2 aromatic carbocycles. The van der Waals surface area contributed by atoms with E-state index in [-0.39, 0.29) is 29.5 Å². The van der Waals surface area contributed by atoms with E-state index in [0.717, 1.165) is 29.7 Å². The van der Waals surface area contributed by atoms with Crippen LogP contribution in [0.5, 0.6) is 0 Å². The lowest BCUT2D eigenvalue weighted by Gasteiger charge is -2.25. The molecule has 45 heavy (non-hydrogen) atoms. The number of aliphatic hydroxyl groups is 1. The maximum absolute atomic E-state index is 13.5. The lowest BCUT2D eigenvalue weighted by molar-refractivity contribution is 0.0715. The summed E-state index contributed by atoms with van der Waals surface area (Å²) in [6.07, 6.45) is 5.67. The first-order valence-corrected chi connectivity index (χ1v) is 15.6. The molecule has 0 spiro atoms. The minimum atomic E-state index is -0.868. The number of amides is 2. The zero-order chi connectivity index (χ0) is 32.0. The van der Waals surface area contributed by atoms with Gasteiger partial charge in [0.15, 0.2) is 0 Å². The number of rotatable bonds is 11. The number of benzene rings is 2. The molecule has 1 saturated heterocycles. The summed E-state index contributed by atoms with van der Waals surface area (Å²) in [5.41, 5.74) is 4.75. The van der Waals surface area contributed by atoms with Crippen LogP contribution in [0.25, 0.3) is 0 Å². The van der Waals surface area contributed by atoms with Gasteiger partial charge in [-0.3, -0.25) is 14.6 Å². The molecular formula is C36H43N5O4. The first-order valence-electron chi connectivity index (χ1n) is 15.6. The van der Waals surface area contributed by atoms with Gasteiger partial charge in [-0.2, -0.15) is 0 Å². The van der Waals surface area contributed by atoms with E-state index in [1.54, 1.807) is 17.2 Å². The Labute approximate surface area is 265 Å². The van der Waals surface area contributed by atoms with Crippen LogP contribution in [0.1, 0.15) is 88.6 Å². The van der Waals surface area contributed by atoms with Crippen LogP contribution in [0.4, 0.5) is 0 Å². The number of carbonyl (C=O) groups excluding carboxylic acids is 2. The number of hydrogen-bond donors (Lipinski definition) is 3. The lowest BCUT2D eigenvalue weighted by Crippen LogP contribution is -2.48. The fraction of sp³-hybridized carbons (Fsp3) is 0.389. The Kier molecular flexibility index (Phi) is 10.1. The van der Waals surface area contributed by atoms with Gasteiger partial charge in [-0.05, 0) is 54.4 Å². The second-order valence-electron chi connectivity index (χ2n) is 12.9. The van der Waals surface area contributed by atoms with Crippen molar-refractivity contribution in [1.29, 1.82) is 0 Å². The number of aromatic nitrogens is 2. The van der Waals surface area contributed by atoms with Crippen molar-refractivity contribution in [3.63, 3.8) is 0 Å². The van der Waals surface area contributed by atoms with Crippen molar-refractivity contribution in [2.75, 3.05) is 13.1 Å². The Hall–Kier alpha value is -4.34. The summed E-state index contributed by atoms with van der Waals surface area (Å²) in [6.45, 7) is 9.84. The van der Waals surface area contributed by atoms with Crippen molar-refractivity contribution in [2.45, 2.75) is 77.1 Å². The zero-order valence-corrected chi connectivity index (χ0v) is 26.5. The van der Waals surface area contributed by atoms with Crippen LogP contribution in [0.2, 0.25) is 0 Å². The molecule has 1 aliphatic rings. The van der Waals surface area contributed by atoms with Gasteiger partial charge >= 0.3 is 0 Å². The highest BCUT2D eigenvalue weighted by molar-refractivity contribution is 5.99. The lowest BCUT2D eigenvalue weighted by atomic mass is 9.86. The Balaban J connectivity index is 1.26. The minimum absolute atomic E-state index is 0.0449. The molecule has 0 bridgehead atoms. The molecule has 3 atom stereocenters. The summed E-state index contributed by atoms with van der Waals surface area (Å²) < 4.78 is 5.60. The number of nitrogens with zero attached hydrogens (tertiary/aromatic N) is 3. The normalized spacial score (nSPS) is 16.4. The number of hydrogen-bond acceptors (Lipinski definition) is 7. The van der Waals surface area contributed by atoms with Gasteiger partial charge in [0.25, 0.3) is 11.8 Å². The van der Waals surface area contributed by atoms with Crippen LogP contribution in [-0.2, 0) is 18.4 Å². The third-order valence-corrected chi connectivity index (χ3v) is 8.24. The number of aliphatic hydroxyl groups excluding tert-OH is 1. The molecule has 9 nitrogen and oxygen atoms in total. The molecule has 0 saturated carbocycles. The molecule has 1 unspecified atom stereocenters. The van der Waals surface area contributed by atoms with Gasteiger partial charge in [0.2, 0.25) is 5.89 Å². The van der Waals surface area contributed by atoms with Gasteiger partial charge in [-0.1, -0.05) is 75.4 Å². The summed E-state index contributed by atoms with van der Waals surface area (Å²) in [4.78, 5) is 37.4. The van der Waals surface area contributed by atoms with Crippen LogP contribution in [0, 0.1) is 6.92 Å². The van der Waals surface area contributed by atoms with Gasteiger partial charge in [-0.25, -0.2) is 4.98 Å². The van der Waals surface area contributed by atoms with Gasteiger partial charge in [0.1, 0.15) is 12.3 Å². The Morgan fingerprint density at radius 3 is 2.53 bits per heavy atom. The molecular weight excluding hydrogens is 566 g/mol. The van der Waals surface area contributed by atoms with Gasteiger partial charge in [-0.15, -0.1) is 0 Å². The van der Waals surface area contributed by atoms with Gasteiger partial charge in [0.05, 0.1) is 29.0 Å². The number of aryl methyl sites for hydroxylation is 1. The maximum atomic E-state index is 13.5. The monoisotopic (exact) mass is 609 g/mol. The quantitative estimate of drug-likeness (QED) is 0.215. The second kappa shape index (κ2) is 14.2. The molecule has 1 fully saturated rings. The van der Waals surface area contributed by atoms with E-state index in [2.05, 4.69) is 65.6 Å². The minimum Gasteiger partial charge on any atom is -0.446 e. The number of pyridine rings is 1. The fourth-order valence-electron chi connectivity index (χ4n) is 5.70. The Morgan fingerprint density at radius 1 is 1.04 bits per heavy atom. The molecule has 0 radical (unpaired) electrons. The topological polar surface area (TPSA) is 121 Å². The average molecular weight is 610 g/mol. The standard InChI is InChI=1S/C36H43N5O4/c1-24-23-45-34(39-24)31-14-9-15-41(31)35(44)28-18-27(20-38-21-28)33(43)40-30(17-25-10-6-5-7-11-25)32(42)22-37-19-26-12-8-13-29(16-26)36(2,3)4/h5-8,10-13,16,18,20-21,23,30-32,37,42H,9,14-15,17,19,22H2,1-4H3,(H,40,43)/t30-,31?,32+/m0/s1. The van der Waals surface area contributed by atoms with Gasteiger partial charge in [0, 0.05) is 32.0 Å². The van der Waals surface area contributed by atoms with Crippen LogP contribution < -0.4 is 10.6 Å². The van der Waals surface area contributed by atoms with E-state index < -0.39 is 18.1 Å². The van der Waals surface area contributed by atoms with E-state index in [0.29, 0.717) is 31.0 Å². The second-order valence-corrected chi connectivity index (χ2v) is 12.9. The van der Waals surface area contributed by atoms with Crippen LogP contribution >= 0.6 is 0 Å². The first-order chi connectivity index (χ1) is 21.6. The molecule has 2 amide bonds. The fourth-order valence-corrected chi connectivity index (χ4v) is 5.70. The molecule has 0 aliphatic carbocycles. The highest BCUT2D eigenvalue weighted by Gasteiger charge is 2.34. The van der Waals surface area contributed by atoms with Crippen LogP contribution in [0.3, 0.4) is 0 Å². The molecule has 9 heteroatoms. The summed E-state index contributed by atoms with van der Waals surface area (Å²) in [5, 5.41) is 17.7. The van der Waals surface area contributed by atoms with Crippen LogP contribution in [-0.4, -0.2) is 57.0 Å². The summed E-state index contributed by atoms with van der Waals surface area (Å²) in [6, 6.07) is 18.9. The SMILES string of the molecule is Cc1coc(C2CCCN2C(=O)c2cncc(C(=O)N[C@@H](Cc3ccccc3)[C@H](O)CNCc3cccc(C(C)(C)C)c3)c2)n1. The largest absolute Gasteiger partial charge is 0.446 e. The molecule has 3 heterocycles. The van der Waals surface area contributed by atoms with Gasteiger partial charge < -0.3 is 25.1 Å². The molecule has 236 valence electrons. The average Bonchev–Trinajstić information content (AvgIpc) is 3.70. The van der Waals surface area contributed by atoms with Crippen molar-refractivity contribution in [1.82, 2.24) is 25.5 Å². The van der Waals surface area contributed by atoms with Crippen molar-refractivity contribution in [3.8, 4) is 0 Å². The van der Waals surface area contributed by atoms with E-state index in [4.69, 9.17) is 4.42 Å². The molecule has 2 aromatic heterocycles. The summed E-state index contributed by atoms with van der Waals surface area (Å²) in [5.74, 6) is -0.110. The van der Waals surface area contributed by atoms with E-state index in [9.17, 15) is 14.7 Å². The van der Waals surface area contributed by atoms with E-state index in [1.165, 1.54) is 18.0 Å². The molecule has 5 rings (SSSR count).